The van der Waals surface area contributed by atoms with E-state index in [0.717, 1.165) is 36.3 Å². The van der Waals surface area contributed by atoms with Gasteiger partial charge in [0.2, 0.25) is 11.8 Å². The van der Waals surface area contributed by atoms with Crippen molar-refractivity contribution < 1.29 is 9.59 Å². The lowest BCUT2D eigenvalue weighted by Gasteiger charge is -2.34. The highest BCUT2D eigenvalue weighted by atomic mass is 16.2. The predicted octanol–water partition coefficient (Wildman–Crippen LogP) is 4.39. The van der Waals surface area contributed by atoms with E-state index in [1.807, 2.05) is 36.9 Å². The molecule has 2 aliphatic rings. The number of nitrogens with zero attached hydrogens (tertiary/aromatic N) is 1. The van der Waals surface area contributed by atoms with Crippen molar-refractivity contribution in [1.29, 1.82) is 0 Å². The van der Waals surface area contributed by atoms with Gasteiger partial charge in [0, 0.05) is 30.3 Å². The number of fused-ring (bicyclic) bond motifs is 1. The molecule has 0 saturated heterocycles. The van der Waals surface area contributed by atoms with Gasteiger partial charge < -0.3 is 10.2 Å². The van der Waals surface area contributed by atoms with Crippen molar-refractivity contribution in [2.75, 3.05) is 16.8 Å². The Labute approximate surface area is 151 Å². The number of hydrogen-bond donors (Lipinski definition) is 1. The maximum absolute atomic E-state index is 13.0. The van der Waals surface area contributed by atoms with Crippen LogP contribution < -0.4 is 10.2 Å². The van der Waals surface area contributed by atoms with Crippen LogP contribution in [-0.4, -0.2) is 18.4 Å². The van der Waals surface area contributed by atoms with Crippen LogP contribution in [0.3, 0.4) is 0 Å². The second-order valence-electron chi connectivity index (χ2n) is 8.54. The van der Waals surface area contributed by atoms with Gasteiger partial charge in [-0.25, -0.2) is 0 Å². The molecule has 3 rings (SSSR count). The molecular formula is C21H30N2O2. The Morgan fingerprint density at radius 3 is 2.64 bits per heavy atom. The van der Waals surface area contributed by atoms with Crippen LogP contribution >= 0.6 is 0 Å². The molecule has 0 radical (unpaired) electrons. The lowest BCUT2D eigenvalue weighted by molar-refractivity contribution is -0.121. The molecule has 0 bridgehead atoms. The summed E-state index contributed by atoms with van der Waals surface area (Å²) in [5, 5.41) is 3.03. The summed E-state index contributed by atoms with van der Waals surface area (Å²) in [6, 6.07) is 5.90. The number of carbonyl (C=O) groups excluding carboxylic acids is 2. The minimum Gasteiger partial charge on any atom is -0.326 e. The van der Waals surface area contributed by atoms with Crippen LogP contribution in [0.15, 0.2) is 18.2 Å². The van der Waals surface area contributed by atoms with Gasteiger partial charge in [-0.2, -0.15) is 0 Å². The molecule has 1 N–H and O–H groups in total. The second-order valence-corrected chi connectivity index (χ2v) is 8.54. The molecule has 1 heterocycles. The Kier molecular flexibility index (Phi) is 4.90. The highest BCUT2D eigenvalue weighted by Gasteiger charge is 2.40. The van der Waals surface area contributed by atoms with Crippen molar-refractivity contribution in [3.63, 3.8) is 0 Å². The highest BCUT2D eigenvalue weighted by Crippen LogP contribution is 2.47. The predicted molar refractivity (Wildman–Crippen MR) is 102 cm³/mol. The first kappa shape index (κ1) is 18.0. The Bertz CT molecular complexity index is 674. The Balaban J connectivity index is 1.81. The third kappa shape index (κ3) is 3.88. The molecule has 0 unspecified atom stereocenters. The summed E-state index contributed by atoms with van der Waals surface area (Å²) in [4.78, 5) is 27.0. The maximum Gasteiger partial charge on any atom is 0.227 e. The fraction of sp³-hybridized carbons (Fsp3) is 0.619. The Morgan fingerprint density at radius 2 is 2.00 bits per heavy atom. The Hall–Kier alpha value is -1.84. The molecule has 25 heavy (non-hydrogen) atoms. The number of carbonyl (C=O) groups is 2. The zero-order valence-corrected chi connectivity index (χ0v) is 15.9. The SMILES string of the molecule is CC(C)C(=O)Nc1cccc2c1CCCN2C(=O)CC(C)(C)C1CC1. The molecule has 0 spiro atoms. The molecule has 1 aromatic carbocycles. The minimum absolute atomic E-state index is 0.0201. The largest absolute Gasteiger partial charge is 0.326 e. The van der Waals surface area contributed by atoms with Gasteiger partial charge in [0.1, 0.15) is 0 Å². The number of hydrogen-bond acceptors (Lipinski definition) is 2. The topological polar surface area (TPSA) is 49.4 Å². The van der Waals surface area contributed by atoms with Crippen molar-refractivity contribution in [2.45, 2.75) is 59.8 Å². The lowest BCUT2D eigenvalue weighted by atomic mass is 9.83. The summed E-state index contributed by atoms with van der Waals surface area (Å²) >= 11 is 0. The maximum atomic E-state index is 13.0. The first-order chi connectivity index (χ1) is 11.8. The van der Waals surface area contributed by atoms with E-state index in [-0.39, 0.29) is 23.1 Å². The van der Waals surface area contributed by atoms with Gasteiger partial charge in [-0.15, -0.1) is 0 Å². The van der Waals surface area contributed by atoms with Gasteiger partial charge in [-0.3, -0.25) is 9.59 Å². The molecule has 4 heteroatoms. The molecule has 1 saturated carbocycles. The van der Waals surface area contributed by atoms with E-state index in [0.29, 0.717) is 12.3 Å². The highest BCUT2D eigenvalue weighted by molar-refractivity contribution is 5.98. The van der Waals surface area contributed by atoms with E-state index in [1.165, 1.54) is 12.8 Å². The number of amides is 2. The van der Waals surface area contributed by atoms with Crippen LogP contribution in [0.1, 0.15) is 58.9 Å². The number of rotatable bonds is 5. The fourth-order valence-corrected chi connectivity index (χ4v) is 3.77. The monoisotopic (exact) mass is 342 g/mol. The molecule has 1 aromatic rings. The van der Waals surface area contributed by atoms with Gasteiger partial charge in [0.15, 0.2) is 0 Å². The van der Waals surface area contributed by atoms with Crippen LogP contribution in [0.5, 0.6) is 0 Å². The van der Waals surface area contributed by atoms with E-state index in [9.17, 15) is 9.59 Å². The molecule has 136 valence electrons. The first-order valence-electron chi connectivity index (χ1n) is 9.52. The molecule has 4 nitrogen and oxygen atoms in total. The average Bonchev–Trinajstić information content (AvgIpc) is 3.39. The Morgan fingerprint density at radius 1 is 1.28 bits per heavy atom. The molecular weight excluding hydrogens is 312 g/mol. The lowest BCUT2D eigenvalue weighted by Crippen LogP contribution is -2.38. The normalized spacial score (nSPS) is 17.4. The van der Waals surface area contributed by atoms with E-state index < -0.39 is 0 Å². The molecule has 1 fully saturated rings. The zero-order chi connectivity index (χ0) is 18.2. The molecule has 2 amide bonds. The molecule has 1 aliphatic carbocycles. The van der Waals surface area contributed by atoms with Crippen molar-refractivity contribution in [1.82, 2.24) is 0 Å². The molecule has 0 aromatic heterocycles. The molecule has 0 atom stereocenters. The first-order valence-corrected chi connectivity index (χ1v) is 9.52. The summed E-state index contributed by atoms with van der Waals surface area (Å²) in [5.41, 5.74) is 3.01. The second kappa shape index (κ2) is 6.81. The minimum atomic E-state index is -0.0588. The van der Waals surface area contributed by atoms with Crippen molar-refractivity contribution in [3.8, 4) is 0 Å². The summed E-state index contributed by atoms with van der Waals surface area (Å²) in [6.45, 7) is 8.98. The third-order valence-corrected chi connectivity index (χ3v) is 5.62. The average molecular weight is 342 g/mol. The third-order valence-electron chi connectivity index (χ3n) is 5.62. The van der Waals surface area contributed by atoms with Crippen LogP contribution in [0.4, 0.5) is 11.4 Å². The van der Waals surface area contributed by atoms with E-state index in [2.05, 4.69) is 19.2 Å². The van der Waals surface area contributed by atoms with Gasteiger partial charge in [-0.05, 0) is 54.7 Å². The number of anilines is 2. The van der Waals surface area contributed by atoms with E-state index in [1.54, 1.807) is 0 Å². The van der Waals surface area contributed by atoms with Crippen molar-refractivity contribution in [3.05, 3.63) is 23.8 Å². The number of benzene rings is 1. The van der Waals surface area contributed by atoms with Gasteiger partial charge in [0.25, 0.3) is 0 Å². The van der Waals surface area contributed by atoms with Crippen LogP contribution in [0, 0.1) is 17.3 Å². The summed E-state index contributed by atoms with van der Waals surface area (Å²) in [5.74, 6) is 0.866. The summed E-state index contributed by atoms with van der Waals surface area (Å²) < 4.78 is 0. The van der Waals surface area contributed by atoms with Crippen molar-refractivity contribution >= 4 is 23.2 Å². The van der Waals surface area contributed by atoms with Gasteiger partial charge in [0.05, 0.1) is 0 Å². The number of nitrogens with one attached hydrogen (secondary N) is 1. The van der Waals surface area contributed by atoms with Crippen LogP contribution in [-0.2, 0) is 16.0 Å². The smallest absolute Gasteiger partial charge is 0.227 e. The van der Waals surface area contributed by atoms with Gasteiger partial charge >= 0.3 is 0 Å². The van der Waals surface area contributed by atoms with Crippen molar-refractivity contribution in [2.24, 2.45) is 17.3 Å². The fourth-order valence-electron chi connectivity index (χ4n) is 3.77. The van der Waals surface area contributed by atoms with Crippen LogP contribution in [0.2, 0.25) is 0 Å². The quantitative estimate of drug-likeness (QED) is 0.863. The van der Waals surface area contributed by atoms with Crippen LogP contribution in [0.25, 0.3) is 0 Å². The van der Waals surface area contributed by atoms with E-state index in [4.69, 9.17) is 0 Å². The summed E-state index contributed by atoms with van der Waals surface area (Å²) in [7, 11) is 0. The van der Waals surface area contributed by atoms with E-state index >= 15 is 0 Å². The standard InChI is InChI=1S/C21H30N2O2/c1-14(2)20(25)22-17-8-5-9-18-16(17)7-6-12-23(18)19(24)13-21(3,4)15-10-11-15/h5,8-9,14-15H,6-7,10-13H2,1-4H3,(H,22,25). The van der Waals surface area contributed by atoms with Gasteiger partial charge in [-0.1, -0.05) is 33.8 Å². The summed E-state index contributed by atoms with van der Waals surface area (Å²) in [6.07, 6.45) is 4.95. The zero-order valence-electron chi connectivity index (χ0n) is 15.9. The molecule has 1 aliphatic heterocycles.